The van der Waals surface area contributed by atoms with Crippen LogP contribution in [0.3, 0.4) is 0 Å². The van der Waals surface area contributed by atoms with Gasteiger partial charge in [0, 0.05) is 17.0 Å². The van der Waals surface area contributed by atoms with Gasteiger partial charge in [-0.2, -0.15) is 0 Å². The normalized spacial score (nSPS) is 17.8. The fraction of sp³-hybridized carbons (Fsp3) is 0.200. The second-order valence-corrected chi connectivity index (χ2v) is 7.83. The van der Waals surface area contributed by atoms with Crippen molar-refractivity contribution in [3.8, 4) is 0 Å². The molecule has 0 aromatic heterocycles. The van der Waals surface area contributed by atoms with E-state index in [1.807, 2.05) is 0 Å². The number of nitrogens with one attached hydrogen (secondary N) is 1. The Labute approximate surface area is 136 Å². The second kappa shape index (κ2) is 6.18. The molecule has 122 valence electrons. The number of rotatable bonds is 3. The summed E-state index contributed by atoms with van der Waals surface area (Å²) in [6, 6.07) is 6.05. The van der Waals surface area contributed by atoms with Crippen LogP contribution in [0.4, 0.5) is 13.2 Å². The largest absolute Gasteiger partial charge is 0.244 e. The Balaban J connectivity index is 1.95. The van der Waals surface area contributed by atoms with Crippen LogP contribution in [-0.4, -0.2) is 14.2 Å². The molecule has 0 spiro atoms. The van der Waals surface area contributed by atoms with Crippen molar-refractivity contribution < 1.29 is 21.6 Å². The molecule has 0 amide bonds. The molecule has 1 N–H and O–H groups in total. The fourth-order valence-electron chi connectivity index (χ4n) is 2.45. The molecule has 0 saturated heterocycles. The van der Waals surface area contributed by atoms with E-state index in [1.54, 1.807) is 6.07 Å². The van der Waals surface area contributed by atoms with Crippen molar-refractivity contribution in [3.63, 3.8) is 0 Å². The summed E-state index contributed by atoms with van der Waals surface area (Å²) in [5, 5.41) is 0. The summed E-state index contributed by atoms with van der Waals surface area (Å²) in [6.07, 6.45) is 0.448. The Morgan fingerprint density at radius 3 is 2.61 bits per heavy atom. The SMILES string of the molecule is O=S(=O)(N[C@H]1CCSc2c(F)cccc21)c1ccc(F)cc1F. The Morgan fingerprint density at radius 2 is 1.87 bits per heavy atom. The lowest BCUT2D eigenvalue weighted by molar-refractivity contribution is 0.519. The zero-order valence-electron chi connectivity index (χ0n) is 11.7. The molecule has 0 saturated carbocycles. The number of thioether (sulfide) groups is 1. The van der Waals surface area contributed by atoms with Crippen molar-refractivity contribution in [2.45, 2.75) is 22.3 Å². The summed E-state index contributed by atoms with van der Waals surface area (Å²) in [6.45, 7) is 0. The molecule has 23 heavy (non-hydrogen) atoms. The van der Waals surface area contributed by atoms with Gasteiger partial charge in [0.15, 0.2) is 0 Å². The molecule has 0 radical (unpaired) electrons. The minimum atomic E-state index is -4.19. The molecule has 0 unspecified atom stereocenters. The first-order valence-electron chi connectivity index (χ1n) is 6.77. The van der Waals surface area contributed by atoms with E-state index in [4.69, 9.17) is 0 Å². The molecule has 0 bridgehead atoms. The Morgan fingerprint density at radius 1 is 1.09 bits per heavy atom. The summed E-state index contributed by atoms with van der Waals surface area (Å²) in [5.74, 6) is -1.90. The van der Waals surface area contributed by atoms with Crippen LogP contribution in [0.2, 0.25) is 0 Å². The van der Waals surface area contributed by atoms with Crippen LogP contribution in [0.5, 0.6) is 0 Å². The van der Waals surface area contributed by atoms with Gasteiger partial charge in [0.1, 0.15) is 22.3 Å². The van der Waals surface area contributed by atoms with Gasteiger partial charge in [-0.05, 0) is 35.9 Å². The van der Waals surface area contributed by atoms with Gasteiger partial charge >= 0.3 is 0 Å². The van der Waals surface area contributed by atoms with Crippen LogP contribution in [0, 0.1) is 17.5 Å². The Hall–Kier alpha value is -1.51. The van der Waals surface area contributed by atoms with Gasteiger partial charge < -0.3 is 0 Å². The maximum atomic E-state index is 13.8. The quantitative estimate of drug-likeness (QED) is 0.911. The van der Waals surface area contributed by atoms with Crippen molar-refractivity contribution >= 4 is 21.8 Å². The third-order valence-corrected chi connectivity index (χ3v) is 6.17. The number of benzene rings is 2. The third kappa shape index (κ3) is 3.24. The van der Waals surface area contributed by atoms with Gasteiger partial charge in [-0.25, -0.2) is 26.3 Å². The van der Waals surface area contributed by atoms with E-state index in [-0.39, 0.29) is 0 Å². The molecule has 1 atom stereocenters. The van der Waals surface area contributed by atoms with Crippen LogP contribution in [0.1, 0.15) is 18.0 Å². The van der Waals surface area contributed by atoms with E-state index in [0.29, 0.717) is 28.7 Å². The standard InChI is InChI=1S/C15H12F3NO2S2/c16-9-4-5-14(12(18)8-9)23(20,21)19-13-6-7-22-15-10(13)2-1-3-11(15)17/h1-5,8,13,19H,6-7H2/t13-/m0/s1. The van der Waals surface area contributed by atoms with Gasteiger partial charge in [-0.1, -0.05) is 12.1 Å². The summed E-state index contributed by atoms with van der Waals surface area (Å²) < 4.78 is 67.6. The highest BCUT2D eigenvalue weighted by atomic mass is 32.2. The molecule has 2 aromatic rings. The smallest absolute Gasteiger partial charge is 0.207 e. The number of sulfonamides is 1. The number of fused-ring (bicyclic) bond motifs is 1. The molecule has 3 rings (SSSR count). The topological polar surface area (TPSA) is 46.2 Å². The average molecular weight is 359 g/mol. The molecular formula is C15H12F3NO2S2. The van der Waals surface area contributed by atoms with Crippen molar-refractivity contribution in [2.24, 2.45) is 0 Å². The molecule has 2 aromatic carbocycles. The molecule has 3 nitrogen and oxygen atoms in total. The molecule has 8 heteroatoms. The first-order chi connectivity index (χ1) is 10.9. The van der Waals surface area contributed by atoms with E-state index >= 15 is 0 Å². The third-order valence-electron chi connectivity index (χ3n) is 3.51. The van der Waals surface area contributed by atoms with Gasteiger partial charge in [-0.15, -0.1) is 11.8 Å². The highest BCUT2D eigenvalue weighted by molar-refractivity contribution is 7.99. The Kier molecular flexibility index (Phi) is 4.39. The summed E-state index contributed by atoms with van der Waals surface area (Å²) in [4.78, 5) is -0.235. The lowest BCUT2D eigenvalue weighted by atomic mass is 10.0. The summed E-state index contributed by atoms with van der Waals surface area (Å²) in [5.41, 5.74) is 0.521. The molecule has 1 heterocycles. The van der Waals surface area contributed by atoms with E-state index in [1.165, 1.54) is 23.9 Å². The lowest BCUT2D eigenvalue weighted by Crippen LogP contribution is -2.31. The van der Waals surface area contributed by atoms with Crippen LogP contribution >= 0.6 is 11.8 Å². The monoisotopic (exact) mass is 359 g/mol. The van der Waals surface area contributed by atoms with E-state index in [9.17, 15) is 21.6 Å². The Bertz CT molecular complexity index is 856. The van der Waals surface area contributed by atoms with Crippen LogP contribution in [0.15, 0.2) is 46.2 Å². The maximum absolute atomic E-state index is 13.8. The molecule has 0 fully saturated rings. The number of halogens is 3. The predicted octanol–water partition coefficient (Wildman–Crippen LogP) is 3.62. The zero-order chi connectivity index (χ0) is 16.6. The van der Waals surface area contributed by atoms with Crippen LogP contribution in [-0.2, 0) is 10.0 Å². The first kappa shape index (κ1) is 16.4. The average Bonchev–Trinajstić information content (AvgIpc) is 2.47. The molecular weight excluding hydrogens is 347 g/mol. The van der Waals surface area contributed by atoms with Gasteiger partial charge in [0.25, 0.3) is 0 Å². The second-order valence-electron chi connectivity index (χ2n) is 5.04. The fourth-order valence-corrected chi connectivity index (χ4v) is 4.90. The molecule has 0 aliphatic carbocycles. The summed E-state index contributed by atoms with van der Waals surface area (Å²) in [7, 11) is -4.19. The molecule has 1 aliphatic heterocycles. The van der Waals surface area contributed by atoms with Gasteiger partial charge in [-0.3, -0.25) is 0 Å². The van der Waals surface area contributed by atoms with Crippen molar-refractivity contribution in [1.82, 2.24) is 4.72 Å². The maximum Gasteiger partial charge on any atom is 0.244 e. The van der Waals surface area contributed by atoms with Crippen LogP contribution in [0.25, 0.3) is 0 Å². The number of hydrogen-bond acceptors (Lipinski definition) is 3. The van der Waals surface area contributed by atoms with Crippen molar-refractivity contribution in [1.29, 1.82) is 0 Å². The minimum absolute atomic E-state index is 0.394. The lowest BCUT2D eigenvalue weighted by Gasteiger charge is -2.26. The first-order valence-corrected chi connectivity index (χ1v) is 9.24. The van der Waals surface area contributed by atoms with E-state index in [2.05, 4.69) is 4.72 Å². The van der Waals surface area contributed by atoms with Gasteiger partial charge in [0.05, 0.1) is 0 Å². The molecule has 1 aliphatic rings. The highest BCUT2D eigenvalue weighted by Crippen LogP contribution is 2.38. The predicted molar refractivity (Wildman–Crippen MR) is 81.2 cm³/mol. The van der Waals surface area contributed by atoms with Gasteiger partial charge in [0.2, 0.25) is 10.0 Å². The van der Waals surface area contributed by atoms with Crippen molar-refractivity contribution in [2.75, 3.05) is 5.75 Å². The van der Waals surface area contributed by atoms with E-state index < -0.39 is 38.4 Å². The minimum Gasteiger partial charge on any atom is -0.207 e. The number of hydrogen-bond donors (Lipinski definition) is 1. The van der Waals surface area contributed by atoms with E-state index in [0.717, 1.165) is 12.1 Å². The zero-order valence-corrected chi connectivity index (χ0v) is 13.4. The van der Waals surface area contributed by atoms with Crippen molar-refractivity contribution in [3.05, 3.63) is 59.4 Å². The van der Waals surface area contributed by atoms with Crippen LogP contribution < -0.4 is 4.72 Å². The highest BCUT2D eigenvalue weighted by Gasteiger charge is 2.29. The summed E-state index contributed by atoms with van der Waals surface area (Å²) >= 11 is 1.31.